The highest BCUT2D eigenvalue weighted by Gasteiger charge is 2.16. The van der Waals surface area contributed by atoms with E-state index in [9.17, 15) is 0 Å². The molecule has 2 aromatic rings. The lowest BCUT2D eigenvalue weighted by Gasteiger charge is -2.31. The lowest BCUT2D eigenvalue weighted by Crippen LogP contribution is -2.44. The first-order chi connectivity index (χ1) is 13.3. The molecule has 9 heteroatoms. The van der Waals surface area contributed by atoms with Crippen LogP contribution in [0.25, 0.3) is 5.65 Å². The average Bonchev–Trinajstić information content (AvgIpc) is 3.13. The van der Waals surface area contributed by atoms with Crippen molar-refractivity contribution in [3.8, 4) is 0 Å². The molecule has 1 saturated heterocycles. The van der Waals surface area contributed by atoms with Crippen LogP contribution in [0.3, 0.4) is 0 Å². The van der Waals surface area contributed by atoms with Crippen LogP contribution in [0.5, 0.6) is 0 Å². The Bertz CT molecular complexity index is 730. The van der Waals surface area contributed by atoms with Crippen LogP contribution in [0, 0.1) is 0 Å². The number of rotatable bonds is 8. The highest BCUT2D eigenvalue weighted by molar-refractivity contribution is 14.0. The molecule has 2 aromatic heterocycles. The number of halogens is 1. The predicted molar refractivity (Wildman–Crippen MR) is 123 cm³/mol. The highest BCUT2D eigenvalue weighted by Crippen LogP contribution is 2.05. The first-order valence-corrected chi connectivity index (χ1v) is 9.90. The van der Waals surface area contributed by atoms with Gasteiger partial charge < -0.3 is 15.4 Å². The summed E-state index contributed by atoms with van der Waals surface area (Å²) in [6.07, 6.45) is 3.86. The van der Waals surface area contributed by atoms with Gasteiger partial charge in [-0.25, -0.2) is 0 Å². The minimum Gasteiger partial charge on any atom is -0.379 e. The predicted octanol–water partition coefficient (Wildman–Crippen LogP) is 1.56. The minimum absolute atomic E-state index is 0. The summed E-state index contributed by atoms with van der Waals surface area (Å²) in [6, 6.07) is 6.38. The van der Waals surface area contributed by atoms with Crippen LogP contribution in [-0.2, 0) is 11.2 Å². The van der Waals surface area contributed by atoms with Gasteiger partial charge in [-0.3, -0.25) is 14.3 Å². The number of pyridine rings is 1. The number of morpholine rings is 1. The summed E-state index contributed by atoms with van der Waals surface area (Å²) in [4.78, 5) is 7.19. The Morgan fingerprint density at radius 1 is 1.25 bits per heavy atom. The Kier molecular flexibility index (Phi) is 9.93. The van der Waals surface area contributed by atoms with Crippen molar-refractivity contribution in [1.82, 2.24) is 30.1 Å². The maximum Gasteiger partial charge on any atom is 0.191 e. The largest absolute Gasteiger partial charge is 0.379 e. The maximum atomic E-state index is 5.42. The first-order valence-electron chi connectivity index (χ1n) is 9.90. The van der Waals surface area contributed by atoms with E-state index in [1.165, 1.54) is 0 Å². The molecule has 0 spiro atoms. The topological polar surface area (TPSA) is 79.1 Å². The second-order valence-electron chi connectivity index (χ2n) is 6.79. The summed E-state index contributed by atoms with van der Waals surface area (Å²) in [5.41, 5.74) is 0.896. The summed E-state index contributed by atoms with van der Waals surface area (Å²) in [5.74, 6) is 1.87. The van der Waals surface area contributed by atoms with E-state index < -0.39 is 0 Å². The molecule has 0 amide bonds. The Morgan fingerprint density at radius 2 is 2.07 bits per heavy atom. The zero-order valence-corrected chi connectivity index (χ0v) is 19.1. The van der Waals surface area contributed by atoms with E-state index in [-0.39, 0.29) is 24.0 Å². The summed E-state index contributed by atoms with van der Waals surface area (Å²) < 4.78 is 7.47. The van der Waals surface area contributed by atoms with Crippen LogP contribution in [-0.4, -0.2) is 77.4 Å². The number of guanidine groups is 1. The second kappa shape index (κ2) is 12.2. The molecule has 1 unspecified atom stereocenters. The monoisotopic (exact) mass is 501 g/mol. The Hall–Kier alpha value is -1.46. The number of hydrogen-bond acceptors (Lipinski definition) is 5. The minimum atomic E-state index is 0. The molecule has 0 aromatic carbocycles. The number of nitrogens with one attached hydrogen (secondary N) is 2. The Balaban J connectivity index is 0.00000280. The fraction of sp³-hybridized carbons (Fsp3) is 0.632. The standard InChI is InChI=1S/C19H31N7O.HI/c1-3-20-19(22-15-16(2)25-11-13-27-14-12-25)21-9-6-8-18-24-23-17-7-4-5-10-26(17)18;/h4-5,7,10,16H,3,6,8-9,11-15H2,1-2H3,(H2,20,21,22);1H. The molecule has 0 saturated carbocycles. The van der Waals surface area contributed by atoms with E-state index in [2.05, 4.69) is 39.6 Å². The second-order valence-corrected chi connectivity index (χ2v) is 6.79. The third-order valence-corrected chi connectivity index (χ3v) is 4.78. The fourth-order valence-corrected chi connectivity index (χ4v) is 3.21. The van der Waals surface area contributed by atoms with Gasteiger partial charge in [0.1, 0.15) is 5.82 Å². The van der Waals surface area contributed by atoms with Crippen molar-refractivity contribution >= 4 is 35.6 Å². The summed E-state index contributed by atoms with van der Waals surface area (Å²) >= 11 is 0. The van der Waals surface area contributed by atoms with Crippen LogP contribution in [0.15, 0.2) is 29.4 Å². The van der Waals surface area contributed by atoms with Gasteiger partial charge in [0.2, 0.25) is 0 Å². The summed E-state index contributed by atoms with van der Waals surface area (Å²) in [5, 5.41) is 15.2. The van der Waals surface area contributed by atoms with Crippen molar-refractivity contribution < 1.29 is 4.74 Å². The molecule has 28 heavy (non-hydrogen) atoms. The molecule has 1 aliphatic heterocycles. The van der Waals surface area contributed by atoms with E-state index in [1.54, 1.807) is 0 Å². The quantitative estimate of drug-likeness (QED) is 0.248. The van der Waals surface area contributed by atoms with E-state index >= 15 is 0 Å². The van der Waals surface area contributed by atoms with E-state index in [1.807, 2.05) is 28.8 Å². The SMILES string of the molecule is CCNC(=NCC(C)N1CCOCC1)NCCCc1nnc2ccccn12.I. The molecule has 1 fully saturated rings. The molecule has 3 rings (SSSR count). The van der Waals surface area contributed by atoms with Crippen molar-refractivity contribution in [1.29, 1.82) is 0 Å². The lowest BCUT2D eigenvalue weighted by molar-refractivity contribution is 0.0220. The van der Waals surface area contributed by atoms with Gasteiger partial charge in [-0.15, -0.1) is 34.2 Å². The highest BCUT2D eigenvalue weighted by atomic mass is 127. The molecular formula is C19H32IN7O. The van der Waals surface area contributed by atoms with Crippen molar-refractivity contribution in [2.45, 2.75) is 32.7 Å². The molecular weight excluding hydrogens is 469 g/mol. The number of fused-ring (bicyclic) bond motifs is 1. The normalized spacial score (nSPS) is 16.6. The molecule has 156 valence electrons. The van der Waals surface area contributed by atoms with Crippen molar-refractivity contribution in [3.63, 3.8) is 0 Å². The van der Waals surface area contributed by atoms with Gasteiger partial charge >= 0.3 is 0 Å². The zero-order chi connectivity index (χ0) is 18.9. The molecule has 0 aliphatic carbocycles. The van der Waals surface area contributed by atoms with Gasteiger partial charge in [0, 0.05) is 44.8 Å². The Morgan fingerprint density at radius 3 is 2.86 bits per heavy atom. The summed E-state index contributed by atoms with van der Waals surface area (Å²) in [6.45, 7) is 10.4. The number of aromatic nitrogens is 3. The lowest BCUT2D eigenvalue weighted by atomic mass is 10.2. The molecule has 0 bridgehead atoms. The van der Waals surface area contributed by atoms with Gasteiger partial charge in [-0.05, 0) is 32.4 Å². The molecule has 3 heterocycles. The Labute approximate surface area is 184 Å². The van der Waals surface area contributed by atoms with E-state index in [0.29, 0.717) is 6.04 Å². The van der Waals surface area contributed by atoms with Crippen molar-refractivity contribution in [2.24, 2.45) is 4.99 Å². The molecule has 1 atom stereocenters. The number of ether oxygens (including phenoxy) is 1. The summed E-state index contributed by atoms with van der Waals surface area (Å²) in [7, 11) is 0. The molecule has 8 nitrogen and oxygen atoms in total. The van der Waals surface area contributed by atoms with Crippen LogP contribution >= 0.6 is 24.0 Å². The van der Waals surface area contributed by atoms with Crippen LogP contribution in [0.2, 0.25) is 0 Å². The smallest absolute Gasteiger partial charge is 0.191 e. The molecule has 1 aliphatic rings. The van der Waals surface area contributed by atoms with Crippen molar-refractivity contribution in [3.05, 3.63) is 30.2 Å². The van der Waals surface area contributed by atoms with Crippen LogP contribution in [0.1, 0.15) is 26.1 Å². The number of aryl methyl sites for hydroxylation is 1. The van der Waals surface area contributed by atoms with Crippen LogP contribution in [0.4, 0.5) is 0 Å². The van der Waals surface area contributed by atoms with Gasteiger partial charge in [-0.2, -0.15) is 0 Å². The number of aliphatic imine (C=N–C) groups is 1. The molecule has 2 N–H and O–H groups in total. The third kappa shape index (κ3) is 6.56. The van der Waals surface area contributed by atoms with Gasteiger partial charge in [0.05, 0.1) is 19.8 Å². The molecule has 0 radical (unpaired) electrons. The van der Waals surface area contributed by atoms with E-state index in [0.717, 1.165) is 76.2 Å². The first kappa shape index (κ1) is 22.8. The number of hydrogen-bond donors (Lipinski definition) is 2. The van der Waals surface area contributed by atoms with Gasteiger partial charge in [0.15, 0.2) is 11.6 Å². The van der Waals surface area contributed by atoms with Crippen molar-refractivity contribution in [2.75, 3.05) is 45.9 Å². The van der Waals surface area contributed by atoms with Crippen LogP contribution < -0.4 is 10.6 Å². The van der Waals surface area contributed by atoms with E-state index in [4.69, 9.17) is 9.73 Å². The third-order valence-electron chi connectivity index (χ3n) is 4.78. The average molecular weight is 501 g/mol. The zero-order valence-electron chi connectivity index (χ0n) is 16.8. The maximum absolute atomic E-state index is 5.42. The number of nitrogens with zero attached hydrogens (tertiary/aromatic N) is 5. The fourth-order valence-electron chi connectivity index (χ4n) is 3.21. The van der Waals surface area contributed by atoms with Gasteiger partial charge in [-0.1, -0.05) is 6.07 Å². The van der Waals surface area contributed by atoms with Gasteiger partial charge in [0.25, 0.3) is 0 Å².